The molecule has 0 unspecified atom stereocenters. The minimum atomic E-state index is 0.646. The minimum absolute atomic E-state index is 0.646. The maximum atomic E-state index is 5.63. The lowest BCUT2D eigenvalue weighted by atomic mass is 10.3. The second kappa shape index (κ2) is 6.66. The van der Waals surface area contributed by atoms with E-state index < -0.39 is 0 Å². The third-order valence-electron chi connectivity index (χ3n) is 2.16. The second-order valence-corrected chi connectivity index (χ2v) is 5.61. The van der Waals surface area contributed by atoms with Gasteiger partial charge in [-0.1, -0.05) is 22.0 Å². The van der Waals surface area contributed by atoms with Gasteiger partial charge in [-0.25, -0.2) is 4.98 Å². The molecule has 1 heterocycles. The lowest BCUT2D eigenvalue weighted by Crippen LogP contribution is -2.00. The zero-order valence-electron chi connectivity index (χ0n) is 9.67. The minimum Gasteiger partial charge on any atom is -0.493 e. The van der Waals surface area contributed by atoms with Crippen molar-refractivity contribution in [1.82, 2.24) is 4.98 Å². The number of thioether (sulfide) groups is 1. The first-order valence-corrected chi connectivity index (χ1v) is 7.24. The Morgan fingerprint density at radius 3 is 2.89 bits per heavy atom. The van der Waals surface area contributed by atoms with E-state index in [9.17, 15) is 0 Å². The van der Waals surface area contributed by atoms with Gasteiger partial charge in [0.2, 0.25) is 0 Å². The number of nitrogens with two attached hydrogens (primary N) is 1. The van der Waals surface area contributed by atoms with E-state index in [1.807, 2.05) is 36.4 Å². The summed E-state index contributed by atoms with van der Waals surface area (Å²) in [5.74, 6) is 1.72. The third-order valence-corrected chi connectivity index (χ3v) is 3.56. The molecule has 0 aliphatic rings. The van der Waals surface area contributed by atoms with Crippen LogP contribution in [0.4, 0.5) is 5.69 Å². The molecule has 0 saturated carbocycles. The molecule has 0 radical (unpaired) electrons. The number of hydrogen-bond acceptors (Lipinski definition) is 4. The largest absolute Gasteiger partial charge is 0.493 e. The summed E-state index contributed by atoms with van der Waals surface area (Å²) in [5.41, 5.74) is 6.26. The molecular weight excluding hydrogens is 312 g/mol. The molecule has 0 aliphatic heterocycles. The molecule has 0 fully saturated rings. The van der Waals surface area contributed by atoms with Crippen molar-refractivity contribution in [1.29, 1.82) is 0 Å². The van der Waals surface area contributed by atoms with E-state index >= 15 is 0 Å². The predicted molar refractivity (Wildman–Crippen MR) is 79.0 cm³/mol. The number of ether oxygens (including phenoxy) is 1. The van der Waals surface area contributed by atoms with Crippen LogP contribution < -0.4 is 10.5 Å². The number of anilines is 1. The first-order valence-electron chi connectivity index (χ1n) is 5.47. The first kappa shape index (κ1) is 13.2. The molecule has 0 spiro atoms. The average molecular weight is 325 g/mol. The molecular formula is C13H13BrN2OS. The summed E-state index contributed by atoms with van der Waals surface area (Å²) in [6, 6.07) is 11.6. The molecule has 2 N–H and O–H groups in total. The molecule has 0 atom stereocenters. The summed E-state index contributed by atoms with van der Waals surface area (Å²) in [6.07, 6.45) is 1.66. The van der Waals surface area contributed by atoms with Gasteiger partial charge < -0.3 is 10.5 Å². The van der Waals surface area contributed by atoms with Crippen molar-refractivity contribution in [2.24, 2.45) is 0 Å². The Kier molecular flexibility index (Phi) is 4.90. The van der Waals surface area contributed by atoms with Gasteiger partial charge in [0.15, 0.2) is 0 Å². The van der Waals surface area contributed by atoms with Crippen molar-refractivity contribution >= 4 is 33.4 Å². The number of halogens is 1. The van der Waals surface area contributed by atoms with E-state index in [-0.39, 0.29) is 0 Å². The molecule has 0 amide bonds. The molecule has 1 aromatic carbocycles. The fourth-order valence-electron chi connectivity index (χ4n) is 1.34. The second-order valence-electron chi connectivity index (χ2n) is 3.58. The average Bonchev–Trinajstić information content (AvgIpc) is 2.37. The van der Waals surface area contributed by atoms with E-state index in [1.54, 1.807) is 18.0 Å². The topological polar surface area (TPSA) is 48.1 Å². The van der Waals surface area contributed by atoms with Crippen molar-refractivity contribution in [2.45, 2.75) is 5.03 Å². The van der Waals surface area contributed by atoms with E-state index in [4.69, 9.17) is 10.5 Å². The Morgan fingerprint density at radius 1 is 1.28 bits per heavy atom. The third kappa shape index (κ3) is 4.23. The van der Waals surface area contributed by atoms with E-state index in [0.29, 0.717) is 12.3 Å². The van der Waals surface area contributed by atoms with Crippen LogP contribution in [-0.2, 0) is 0 Å². The van der Waals surface area contributed by atoms with E-state index in [0.717, 1.165) is 21.0 Å². The van der Waals surface area contributed by atoms with Gasteiger partial charge in [0, 0.05) is 10.2 Å². The summed E-state index contributed by atoms with van der Waals surface area (Å²) in [6.45, 7) is 0.646. The zero-order chi connectivity index (χ0) is 12.8. The van der Waals surface area contributed by atoms with Crippen LogP contribution in [0.1, 0.15) is 0 Å². The molecule has 3 nitrogen and oxygen atoms in total. The number of aromatic nitrogens is 1. The SMILES string of the molecule is Nc1ccc(SCCOc2cccc(Br)c2)nc1. The quantitative estimate of drug-likeness (QED) is 0.674. The Hall–Kier alpha value is -1.20. The van der Waals surface area contributed by atoms with Crippen LogP contribution >= 0.6 is 27.7 Å². The van der Waals surface area contributed by atoms with Crippen LogP contribution in [0.25, 0.3) is 0 Å². The highest BCUT2D eigenvalue weighted by Gasteiger charge is 1.97. The van der Waals surface area contributed by atoms with Gasteiger partial charge in [-0.05, 0) is 30.3 Å². The van der Waals surface area contributed by atoms with Crippen LogP contribution in [-0.4, -0.2) is 17.3 Å². The lowest BCUT2D eigenvalue weighted by molar-refractivity contribution is 0.343. The van der Waals surface area contributed by atoms with Gasteiger partial charge in [0.25, 0.3) is 0 Å². The van der Waals surface area contributed by atoms with Crippen molar-refractivity contribution in [3.63, 3.8) is 0 Å². The standard InChI is InChI=1S/C13H13BrN2OS/c14-10-2-1-3-12(8-10)17-6-7-18-13-5-4-11(15)9-16-13/h1-5,8-9H,6-7,15H2. The first-order chi connectivity index (χ1) is 8.74. The van der Waals surface area contributed by atoms with Crippen LogP contribution in [0, 0.1) is 0 Å². The van der Waals surface area contributed by atoms with Crippen molar-refractivity contribution < 1.29 is 4.74 Å². The number of rotatable bonds is 5. The highest BCUT2D eigenvalue weighted by Crippen LogP contribution is 2.19. The Bertz CT molecular complexity index is 505. The summed E-state index contributed by atoms with van der Waals surface area (Å²) < 4.78 is 6.65. The molecule has 2 rings (SSSR count). The molecule has 1 aromatic heterocycles. The van der Waals surface area contributed by atoms with Crippen LogP contribution in [0.2, 0.25) is 0 Å². The number of hydrogen-bond donors (Lipinski definition) is 1. The molecule has 0 aliphatic carbocycles. The van der Waals surface area contributed by atoms with Gasteiger partial charge in [0.1, 0.15) is 5.75 Å². The molecule has 5 heteroatoms. The summed E-state index contributed by atoms with van der Waals surface area (Å²) in [4.78, 5) is 4.21. The van der Waals surface area contributed by atoms with Crippen molar-refractivity contribution in [2.75, 3.05) is 18.1 Å². The molecule has 94 valence electrons. The van der Waals surface area contributed by atoms with Crippen molar-refractivity contribution in [3.05, 3.63) is 47.1 Å². The smallest absolute Gasteiger partial charge is 0.120 e. The van der Waals surface area contributed by atoms with Gasteiger partial charge in [-0.2, -0.15) is 0 Å². The normalized spacial score (nSPS) is 10.3. The maximum Gasteiger partial charge on any atom is 0.120 e. The fraction of sp³-hybridized carbons (Fsp3) is 0.154. The van der Waals surface area contributed by atoms with Gasteiger partial charge in [-0.3, -0.25) is 0 Å². The van der Waals surface area contributed by atoms with Gasteiger partial charge >= 0.3 is 0 Å². The number of nitrogen functional groups attached to an aromatic ring is 1. The van der Waals surface area contributed by atoms with Crippen LogP contribution in [0.3, 0.4) is 0 Å². The van der Waals surface area contributed by atoms with Crippen LogP contribution in [0.5, 0.6) is 5.75 Å². The summed E-state index contributed by atoms with van der Waals surface area (Å²) >= 11 is 5.06. The molecule has 2 aromatic rings. The predicted octanol–water partition coefficient (Wildman–Crippen LogP) is 3.60. The Morgan fingerprint density at radius 2 is 2.17 bits per heavy atom. The number of pyridine rings is 1. The summed E-state index contributed by atoms with van der Waals surface area (Å²) in [7, 11) is 0. The van der Waals surface area contributed by atoms with Gasteiger partial charge in [-0.15, -0.1) is 11.8 Å². The molecule has 0 saturated heterocycles. The van der Waals surface area contributed by atoms with Gasteiger partial charge in [0.05, 0.1) is 23.5 Å². The number of nitrogens with zero attached hydrogens (tertiary/aromatic N) is 1. The highest BCUT2D eigenvalue weighted by atomic mass is 79.9. The van der Waals surface area contributed by atoms with Crippen molar-refractivity contribution in [3.8, 4) is 5.75 Å². The zero-order valence-corrected chi connectivity index (χ0v) is 12.1. The Labute approximate surface area is 119 Å². The van der Waals surface area contributed by atoms with E-state index in [2.05, 4.69) is 20.9 Å². The fourth-order valence-corrected chi connectivity index (χ4v) is 2.39. The lowest BCUT2D eigenvalue weighted by Gasteiger charge is -2.06. The van der Waals surface area contributed by atoms with E-state index in [1.165, 1.54) is 0 Å². The number of benzene rings is 1. The Balaban J connectivity index is 1.74. The van der Waals surface area contributed by atoms with Crippen LogP contribution in [0.15, 0.2) is 52.1 Å². The monoisotopic (exact) mass is 324 g/mol. The molecule has 0 bridgehead atoms. The highest BCUT2D eigenvalue weighted by molar-refractivity contribution is 9.10. The maximum absolute atomic E-state index is 5.63. The summed E-state index contributed by atoms with van der Waals surface area (Å²) in [5, 5.41) is 0.960. The molecule has 18 heavy (non-hydrogen) atoms.